The Labute approximate surface area is 208 Å². The second kappa shape index (κ2) is 8.67. The number of urea groups is 1. The molecule has 5 amide bonds. The third-order valence-electron chi connectivity index (χ3n) is 6.82. The maximum atomic E-state index is 13.5. The normalized spacial score (nSPS) is 21.6. The minimum absolute atomic E-state index is 0.0974. The first kappa shape index (κ1) is 23.3. The highest BCUT2D eigenvalue weighted by atomic mass is 16.5. The molecule has 2 atom stereocenters. The van der Waals surface area contributed by atoms with Gasteiger partial charge in [0.2, 0.25) is 11.8 Å². The maximum Gasteiger partial charge on any atom is 0.325 e. The van der Waals surface area contributed by atoms with E-state index in [1.807, 2.05) is 30.3 Å². The van der Waals surface area contributed by atoms with E-state index < -0.39 is 36.0 Å². The molecule has 1 saturated heterocycles. The van der Waals surface area contributed by atoms with Crippen molar-refractivity contribution in [1.29, 1.82) is 0 Å². The van der Waals surface area contributed by atoms with E-state index >= 15 is 0 Å². The fraction of sp³-hybridized carbons (Fsp3) is 0.259. The molecule has 0 bridgehead atoms. The van der Waals surface area contributed by atoms with Gasteiger partial charge in [0, 0.05) is 12.5 Å². The SMILES string of the molecule is COc1ccc2cc([C@@]3(C)NC(=O)N(CC(=O)N4c5ccccc5NC(=O)C[C@H]4C)C3=O)ccc2c1. The van der Waals surface area contributed by atoms with Gasteiger partial charge >= 0.3 is 6.03 Å². The van der Waals surface area contributed by atoms with Crippen molar-refractivity contribution in [3.8, 4) is 5.75 Å². The summed E-state index contributed by atoms with van der Waals surface area (Å²) in [5, 5.41) is 7.39. The van der Waals surface area contributed by atoms with Gasteiger partial charge in [-0.2, -0.15) is 0 Å². The number of rotatable bonds is 4. The van der Waals surface area contributed by atoms with Crippen LogP contribution >= 0.6 is 0 Å². The molecule has 2 aliphatic heterocycles. The maximum absolute atomic E-state index is 13.5. The second-order valence-electron chi connectivity index (χ2n) is 9.26. The summed E-state index contributed by atoms with van der Waals surface area (Å²) in [6.07, 6.45) is 0.0974. The Bertz CT molecular complexity index is 1420. The molecule has 2 heterocycles. The molecule has 2 N–H and O–H groups in total. The van der Waals surface area contributed by atoms with Gasteiger partial charge in [0.1, 0.15) is 17.8 Å². The van der Waals surface area contributed by atoms with Crippen molar-refractivity contribution in [3.05, 3.63) is 66.2 Å². The van der Waals surface area contributed by atoms with Crippen molar-refractivity contribution in [3.63, 3.8) is 0 Å². The lowest BCUT2D eigenvalue weighted by Gasteiger charge is -2.29. The molecule has 0 radical (unpaired) electrons. The number of ether oxygens (including phenoxy) is 1. The molecule has 184 valence electrons. The Morgan fingerprint density at radius 1 is 1.06 bits per heavy atom. The molecule has 9 nitrogen and oxygen atoms in total. The number of nitrogens with zero attached hydrogens (tertiary/aromatic N) is 2. The second-order valence-corrected chi connectivity index (χ2v) is 9.26. The molecule has 0 unspecified atom stereocenters. The van der Waals surface area contributed by atoms with Crippen molar-refractivity contribution in [2.75, 3.05) is 23.9 Å². The lowest BCUT2D eigenvalue weighted by atomic mass is 9.90. The number of carbonyl (C=O) groups is 4. The van der Waals surface area contributed by atoms with Gasteiger partial charge in [0.15, 0.2) is 0 Å². The highest BCUT2D eigenvalue weighted by Crippen LogP contribution is 2.34. The van der Waals surface area contributed by atoms with Crippen LogP contribution in [0.25, 0.3) is 10.8 Å². The van der Waals surface area contributed by atoms with Crippen molar-refractivity contribution in [2.45, 2.75) is 31.8 Å². The van der Waals surface area contributed by atoms with Gasteiger partial charge in [-0.25, -0.2) is 4.79 Å². The smallest absolute Gasteiger partial charge is 0.325 e. The Kier molecular flexibility index (Phi) is 5.62. The summed E-state index contributed by atoms with van der Waals surface area (Å²) in [4.78, 5) is 54.6. The van der Waals surface area contributed by atoms with Crippen molar-refractivity contribution in [2.24, 2.45) is 0 Å². The molecule has 0 aromatic heterocycles. The molecule has 0 saturated carbocycles. The first-order valence-corrected chi connectivity index (χ1v) is 11.6. The summed E-state index contributed by atoms with van der Waals surface area (Å²) in [5.41, 5.74) is 0.318. The number of hydrogen-bond acceptors (Lipinski definition) is 5. The first-order chi connectivity index (χ1) is 17.2. The van der Waals surface area contributed by atoms with Gasteiger partial charge in [-0.1, -0.05) is 30.3 Å². The molecule has 0 spiro atoms. The monoisotopic (exact) mass is 486 g/mol. The zero-order valence-corrected chi connectivity index (χ0v) is 20.2. The van der Waals surface area contributed by atoms with Crippen LogP contribution in [0.5, 0.6) is 5.75 Å². The Hall–Kier alpha value is -4.40. The quantitative estimate of drug-likeness (QED) is 0.550. The van der Waals surface area contributed by atoms with Gasteiger partial charge in [-0.15, -0.1) is 0 Å². The van der Waals surface area contributed by atoms with Crippen molar-refractivity contribution < 1.29 is 23.9 Å². The molecule has 2 aliphatic rings. The zero-order chi connectivity index (χ0) is 25.6. The van der Waals surface area contributed by atoms with Gasteiger partial charge < -0.3 is 20.3 Å². The van der Waals surface area contributed by atoms with Crippen LogP contribution in [-0.4, -0.2) is 48.3 Å². The molecule has 1 fully saturated rings. The highest BCUT2D eigenvalue weighted by molar-refractivity contribution is 6.12. The fourth-order valence-corrected chi connectivity index (χ4v) is 4.88. The average molecular weight is 487 g/mol. The van der Waals surface area contributed by atoms with E-state index in [1.165, 1.54) is 4.90 Å². The van der Waals surface area contributed by atoms with Gasteiger partial charge in [0.05, 0.1) is 18.5 Å². The Balaban J connectivity index is 1.42. The summed E-state index contributed by atoms with van der Waals surface area (Å²) in [6, 6.07) is 17.0. The third kappa shape index (κ3) is 3.82. The number of benzene rings is 3. The number of hydrogen-bond donors (Lipinski definition) is 2. The minimum atomic E-state index is -1.33. The van der Waals surface area contributed by atoms with E-state index in [1.54, 1.807) is 51.3 Å². The number of carbonyl (C=O) groups excluding carboxylic acids is 4. The molecular formula is C27H26N4O5. The Morgan fingerprint density at radius 2 is 1.78 bits per heavy atom. The van der Waals surface area contributed by atoms with Crippen LogP contribution in [0.3, 0.4) is 0 Å². The standard InChI is InChI=1S/C27H26N4O5/c1-16-12-23(32)28-21-6-4-5-7-22(21)31(16)24(33)15-30-25(34)27(2,29-26(30)35)19-10-8-18-14-20(36-3)11-9-17(18)13-19/h4-11,13-14,16H,12,15H2,1-3H3,(H,28,32)(H,29,35)/t16-,27-/m1/s1. The number of fused-ring (bicyclic) bond motifs is 2. The van der Waals surface area contributed by atoms with Crippen LogP contribution < -0.4 is 20.3 Å². The fourth-order valence-electron chi connectivity index (χ4n) is 4.88. The van der Waals surface area contributed by atoms with Crippen LogP contribution in [0.15, 0.2) is 60.7 Å². The van der Waals surface area contributed by atoms with E-state index in [-0.39, 0.29) is 12.3 Å². The number of para-hydroxylation sites is 2. The molecule has 9 heteroatoms. The number of imide groups is 1. The zero-order valence-electron chi connectivity index (χ0n) is 20.2. The number of amides is 5. The molecular weight excluding hydrogens is 460 g/mol. The van der Waals surface area contributed by atoms with Crippen molar-refractivity contribution >= 4 is 45.9 Å². The van der Waals surface area contributed by atoms with E-state index in [2.05, 4.69) is 10.6 Å². The van der Waals surface area contributed by atoms with Gasteiger partial charge in [-0.3, -0.25) is 19.3 Å². The largest absolute Gasteiger partial charge is 0.497 e. The Morgan fingerprint density at radius 3 is 2.56 bits per heavy atom. The summed E-state index contributed by atoms with van der Waals surface area (Å²) in [7, 11) is 1.60. The summed E-state index contributed by atoms with van der Waals surface area (Å²) in [5.74, 6) is -0.456. The average Bonchev–Trinajstić information content (AvgIpc) is 2.99. The number of methoxy groups -OCH3 is 1. The molecule has 3 aromatic rings. The summed E-state index contributed by atoms with van der Waals surface area (Å²) in [6.45, 7) is 2.95. The van der Waals surface area contributed by atoms with Crippen LogP contribution in [0.4, 0.5) is 16.2 Å². The van der Waals surface area contributed by atoms with Crippen LogP contribution in [-0.2, 0) is 19.9 Å². The molecule has 5 rings (SSSR count). The van der Waals surface area contributed by atoms with Crippen molar-refractivity contribution in [1.82, 2.24) is 10.2 Å². The van der Waals surface area contributed by atoms with Crippen LogP contribution in [0.2, 0.25) is 0 Å². The summed E-state index contributed by atoms with van der Waals surface area (Å²) < 4.78 is 5.27. The molecule has 36 heavy (non-hydrogen) atoms. The predicted octanol–water partition coefficient (Wildman–Crippen LogP) is 3.38. The van der Waals surface area contributed by atoms with Crippen LogP contribution in [0.1, 0.15) is 25.8 Å². The van der Waals surface area contributed by atoms with E-state index in [0.29, 0.717) is 16.9 Å². The van der Waals surface area contributed by atoms with E-state index in [4.69, 9.17) is 4.74 Å². The summed E-state index contributed by atoms with van der Waals surface area (Å²) >= 11 is 0. The highest BCUT2D eigenvalue weighted by Gasteiger charge is 2.50. The molecule has 3 aromatic carbocycles. The van der Waals surface area contributed by atoms with E-state index in [0.717, 1.165) is 21.4 Å². The first-order valence-electron chi connectivity index (χ1n) is 11.6. The topological polar surface area (TPSA) is 108 Å². The molecule has 0 aliphatic carbocycles. The van der Waals surface area contributed by atoms with Gasteiger partial charge in [-0.05, 0) is 60.5 Å². The third-order valence-corrected chi connectivity index (χ3v) is 6.82. The van der Waals surface area contributed by atoms with Crippen LogP contribution in [0, 0.1) is 0 Å². The van der Waals surface area contributed by atoms with E-state index in [9.17, 15) is 19.2 Å². The minimum Gasteiger partial charge on any atom is -0.497 e. The van der Waals surface area contributed by atoms with Gasteiger partial charge in [0.25, 0.3) is 5.91 Å². The predicted molar refractivity (Wildman–Crippen MR) is 135 cm³/mol. The number of nitrogens with one attached hydrogen (secondary N) is 2. The number of anilines is 2. The lowest BCUT2D eigenvalue weighted by Crippen LogP contribution is -2.47. The lowest BCUT2D eigenvalue weighted by molar-refractivity contribution is -0.134.